The Morgan fingerprint density at radius 3 is 2.42 bits per heavy atom. The van der Waals surface area contributed by atoms with Gasteiger partial charge in [-0.25, -0.2) is 0 Å². The predicted molar refractivity (Wildman–Crippen MR) is 107 cm³/mol. The van der Waals surface area contributed by atoms with Gasteiger partial charge in [0.05, 0.1) is 0 Å². The fourth-order valence-electron chi connectivity index (χ4n) is 5.36. The van der Waals surface area contributed by atoms with Crippen molar-refractivity contribution in [3.63, 3.8) is 0 Å². The van der Waals surface area contributed by atoms with Crippen molar-refractivity contribution < 1.29 is 4.42 Å². The van der Waals surface area contributed by atoms with E-state index in [0.29, 0.717) is 5.92 Å². The number of fused-ring (bicyclic) bond motifs is 1. The van der Waals surface area contributed by atoms with Crippen LogP contribution in [-0.2, 0) is 5.41 Å². The molecule has 4 aromatic rings. The Hall–Kier alpha value is -2.74. The van der Waals surface area contributed by atoms with Crippen molar-refractivity contribution in [1.29, 1.82) is 0 Å². The third-order valence-electron chi connectivity index (χ3n) is 6.58. The molecule has 0 saturated carbocycles. The zero-order valence-corrected chi connectivity index (χ0v) is 15.3. The van der Waals surface area contributed by atoms with Crippen LogP contribution in [0.15, 0.2) is 59.0 Å². The molecule has 26 heavy (non-hydrogen) atoms. The Kier molecular flexibility index (Phi) is 2.50. The van der Waals surface area contributed by atoms with Gasteiger partial charge in [0.15, 0.2) is 0 Å². The molecule has 2 heterocycles. The van der Waals surface area contributed by atoms with Crippen molar-refractivity contribution in [1.82, 2.24) is 0 Å². The molecule has 1 aliphatic carbocycles. The highest BCUT2D eigenvalue weighted by molar-refractivity contribution is 6.10. The topological polar surface area (TPSA) is 16.4 Å². The lowest BCUT2D eigenvalue weighted by molar-refractivity contribution is 0.631. The third kappa shape index (κ3) is 1.54. The normalized spacial score (nSPS) is 19.8. The van der Waals surface area contributed by atoms with Crippen LogP contribution in [0.1, 0.15) is 42.0 Å². The van der Waals surface area contributed by atoms with E-state index in [2.05, 4.69) is 80.4 Å². The Labute approximate surface area is 153 Å². The number of hydrogen-bond acceptors (Lipinski definition) is 2. The van der Waals surface area contributed by atoms with Gasteiger partial charge in [-0.05, 0) is 40.5 Å². The van der Waals surface area contributed by atoms with Crippen LogP contribution in [-0.4, -0.2) is 13.6 Å². The molecule has 0 bridgehead atoms. The summed E-state index contributed by atoms with van der Waals surface area (Å²) in [5.41, 5.74) is 9.03. The largest absolute Gasteiger partial charge is 0.456 e. The lowest BCUT2D eigenvalue weighted by atomic mass is 9.70. The molecular formula is C24H21NO. The lowest BCUT2D eigenvalue weighted by Gasteiger charge is -2.32. The molecule has 6 rings (SSSR count). The van der Waals surface area contributed by atoms with Gasteiger partial charge in [-0.3, -0.25) is 0 Å². The molecule has 0 fully saturated rings. The summed E-state index contributed by atoms with van der Waals surface area (Å²) in [6, 6.07) is 19.9. The molecule has 1 atom stereocenters. The van der Waals surface area contributed by atoms with Crippen LogP contribution in [0.4, 0.5) is 5.69 Å². The van der Waals surface area contributed by atoms with Crippen LogP contribution in [0.3, 0.4) is 0 Å². The van der Waals surface area contributed by atoms with E-state index >= 15 is 0 Å². The zero-order valence-electron chi connectivity index (χ0n) is 15.3. The molecule has 2 heteroatoms. The number of likely N-dealkylation sites (N-methyl/N-ethyl adjacent to an activating group) is 1. The number of anilines is 1. The van der Waals surface area contributed by atoms with Crippen LogP contribution in [0.25, 0.3) is 21.9 Å². The average Bonchev–Trinajstić information content (AvgIpc) is 3.18. The van der Waals surface area contributed by atoms with E-state index in [4.69, 9.17) is 4.42 Å². The van der Waals surface area contributed by atoms with Gasteiger partial charge in [0.2, 0.25) is 0 Å². The first-order valence-electron chi connectivity index (χ1n) is 9.36. The minimum Gasteiger partial charge on any atom is -0.456 e. The second kappa shape index (κ2) is 4.50. The van der Waals surface area contributed by atoms with Gasteiger partial charge in [0.1, 0.15) is 11.2 Å². The van der Waals surface area contributed by atoms with E-state index in [1.807, 2.05) is 0 Å². The maximum Gasteiger partial charge on any atom is 0.135 e. The summed E-state index contributed by atoms with van der Waals surface area (Å²) in [5, 5.41) is 2.61. The summed E-state index contributed by atoms with van der Waals surface area (Å²) in [4.78, 5) is 2.41. The van der Waals surface area contributed by atoms with Crippen LogP contribution < -0.4 is 4.90 Å². The minimum absolute atomic E-state index is 0.0708. The first-order valence-corrected chi connectivity index (χ1v) is 9.36. The zero-order chi connectivity index (χ0) is 17.6. The van der Waals surface area contributed by atoms with Gasteiger partial charge >= 0.3 is 0 Å². The van der Waals surface area contributed by atoms with Gasteiger partial charge in [-0.15, -0.1) is 0 Å². The third-order valence-corrected chi connectivity index (χ3v) is 6.58. The number of rotatable bonds is 0. The Morgan fingerprint density at radius 1 is 0.885 bits per heavy atom. The van der Waals surface area contributed by atoms with Crippen LogP contribution >= 0.6 is 0 Å². The standard InChI is InChI=1S/C24H21NO/c1-24(2)16-8-5-10-18-21(16)15(13-25(18)3)14-7-4-11-19-22(14)23-17(24)9-6-12-20(23)26-19/h4-12,15H,13H2,1-3H3. The first kappa shape index (κ1) is 14.4. The monoisotopic (exact) mass is 339 g/mol. The van der Waals surface area contributed by atoms with E-state index < -0.39 is 0 Å². The highest BCUT2D eigenvalue weighted by atomic mass is 16.3. The van der Waals surface area contributed by atoms with Crippen molar-refractivity contribution in [2.24, 2.45) is 0 Å². The summed E-state index contributed by atoms with van der Waals surface area (Å²) in [5.74, 6) is 0.392. The molecule has 0 N–H and O–H groups in total. The second-order valence-electron chi connectivity index (χ2n) is 8.30. The van der Waals surface area contributed by atoms with Crippen molar-refractivity contribution in [2.75, 3.05) is 18.5 Å². The SMILES string of the molecule is CN1CC2c3c1cccc3C(C)(C)c1cccc3oc4cccc2c4c13. The highest BCUT2D eigenvalue weighted by Gasteiger charge is 2.39. The van der Waals surface area contributed by atoms with Gasteiger partial charge < -0.3 is 9.32 Å². The fourth-order valence-corrected chi connectivity index (χ4v) is 5.36. The van der Waals surface area contributed by atoms with Crippen molar-refractivity contribution in [2.45, 2.75) is 25.2 Å². The fraction of sp³-hybridized carbons (Fsp3) is 0.250. The molecule has 2 aliphatic rings. The maximum absolute atomic E-state index is 6.28. The first-order chi connectivity index (χ1) is 12.6. The number of nitrogens with zero attached hydrogens (tertiary/aromatic N) is 1. The summed E-state index contributed by atoms with van der Waals surface area (Å²) in [6.07, 6.45) is 0. The van der Waals surface area contributed by atoms with Crippen molar-refractivity contribution in [3.8, 4) is 0 Å². The second-order valence-corrected chi connectivity index (χ2v) is 8.30. The Bertz CT molecular complexity index is 1210. The molecule has 128 valence electrons. The molecule has 2 nitrogen and oxygen atoms in total. The quantitative estimate of drug-likeness (QED) is 0.402. The smallest absolute Gasteiger partial charge is 0.135 e. The van der Waals surface area contributed by atoms with Crippen LogP contribution in [0.2, 0.25) is 0 Å². The Balaban J connectivity index is 1.90. The summed E-state index contributed by atoms with van der Waals surface area (Å²) in [7, 11) is 2.21. The van der Waals surface area contributed by atoms with Crippen LogP contribution in [0, 0.1) is 0 Å². The maximum atomic E-state index is 6.28. The average molecular weight is 339 g/mol. The molecule has 0 radical (unpaired) electrons. The predicted octanol–water partition coefficient (Wildman–Crippen LogP) is 5.81. The van der Waals surface area contributed by atoms with E-state index in [0.717, 1.165) is 17.7 Å². The summed E-state index contributed by atoms with van der Waals surface area (Å²) < 4.78 is 6.28. The number of hydrogen-bond donors (Lipinski definition) is 0. The van der Waals surface area contributed by atoms with E-state index in [-0.39, 0.29) is 5.41 Å². The van der Waals surface area contributed by atoms with Gasteiger partial charge in [-0.2, -0.15) is 0 Å². The summed E-state index contributed by atoms with van der Waals surface area (Å²) in [6.45, 7) is 5.75. The lowest BCUT2D eigenvalue weighted by Crippen LogP contribution is -2.23. The van der Waals surface area contributed by atoms with E-state index in [9.17, 15) is 0 Å². The summed E-state index contributed by atoms with van der Waals surface area (Å²) >= 11 is 0. The van der Waals surface area contributed by atoms with E-state index in [1.54, 1.807) is 0 Å². The number of benzene rings is 3. The van der Waals surface area contributed by atoms with Crippen molar-refractivity contribution in [3.05, 3.63) is 76.9 Å². The van der Waals surface area contributed by atoms with Crippen molar-refractivity contribution >= 4 is 27.6 Å². The molecular weight excluding hydrogens is 318 g/mol. The molecule has 0 amide bonds. The van der Waals surface area contributed by atoms with E-state index in [1.165, 1.54) is 38.7 Å². The highest BCUT2D eigenvalue weighted by Crippen LogP contribution is 2.52. The molecule has 1 aromatic heterocycles. The molecule has 3 aromatic carbocycles. The molecule has 0 spiro atoms. The van der Waals surface area contributed by atoms with Crippen LogP contribution in [0.5, 0.6) is 0 Å². The molecule has 0 saturated heterocycles. The van der Waals surface area contributed by atoms with Gasteiger partial charge in [-0.1, -0.05) is 50.2 Å². The number of furan rings is 1. The van der Waals surface area contributed by atoms with Gasteiger partial charge in [0, 0.05) is 41.4 Å². The molecule has 1 unspecified atom stereocenters. The Morgan fingerprint density at radius 2 is 1.58 bits per heavy atom. The molecule has 1 aliphatic heterocycles. The minimum atomic E-state index is -0.0708. The van der Waals surface area contributed by atoms with Gasteiger partial charge in [0.25, 0.3) is 0 Å².